The van der Waals surface area contributed by atoms with E-state index in [1.165, 1.54) is 22.8 Å². The second kappa shape index (κ2) is 5.28. The lowest BCUT2D eigenvalue weighted by molar-refractivity contribution is -0.160. The largest absolute Gasteiger partial charge is 0.407 e. The molecular weight excluding hydrogens is 313 g/mol. The third kappa shape index (κ3) is 3.16. The standard InChI is InChI=1S/C11H15F3N2O2S2/c1-2-15-6-8-5-9(7-19-8)20(17,18)16-10(3-4-10)11(12,13)14/h5,7,15-16H,2-4,6H2,1H3. The van der Waals surface area contributed by atoms with E-state index in [1.807, 2.05) is 6.92 Å². The molecule has 1 aromatic heterocycles. The highest BCUT2D eigenvalue weighted by Crippen LogP contribution is 2.49. The SMILES string of the molecule is CCNCc1cc(S(=O)(=O)NC2(C(F)(F)F)CC2)cs1. The first kappa shape index (κ1) is 15.7. The van der Waals surface area contributed by atoms with Crippen molar-refractivity contribution in [3.63, 3.8) is 0 Å². The van der Waals surface area contributed by atoms with E-state index in [0.717, 1.165) is 11.4 Å². The van der Waals surface area contributed by atoms with Crippen molar-refractivity contribution in [1.29, 1.82) is 0 Å². The Balaban J connectivity index is 2.13. The maximum absolute atomic E-state index is 12.8. The van der Waals surface area contributed by atoms with Gasteiger partial charge >= 0.3 is 6.18 Å². The van der Waals surface area contributed by atoms with Crippen LogP contribution in [0.5, 0.6) is 0 Å². The van der Waals surface area contributed by atoms with Crippen LogP contribution in [0, 0.1) is 0 Å². The molecular formula is C11H15F3N2O2S2. The van der Waals surface area contributed by atoms with Crippen LogP contribution in [0.4, 0.5) is 13.2 Å². The maximum atomic E-state index is 12.8. The quantitative estimate of drug-likeness (QED) is 0.842. The van der Waals surface area contributed by atoms with Crippen LogP contribution in [0.2, 0.25) is 0 Å². The molecule has 0 spiro atoms. The molecule has 0 radical (unpaired) electrons. The molecule has 1 saturated carbocycles. The van der Waals surface area contributed by atoms with Gasteiger partial charge in [-0.3, -0.25) is 0 Å². The van der Waals surface area contributed by atoms with Crippen LogP contribution in [0.1, 0.15) is 24.6 Å². The summed E-state index contributed by atoms with van der Waals surface area (Å²) in [4.78, 5) is 0.662. The van der Waals surface area contributed by atoms with E-state index >= 15 is 0 Å². The lowest BCUT2D eigenvalue weighted by Gasteiger charge is -2.20. The van der Waals surface area contributed by atoms with Gasteiger partial charge in [0.15, 0.2) is 0 Å². The van der Waals surface area contributed by atoms with E-state index < -0.39 is 21.7 Å². The number of nitrogens with one attached hydrogen (secondary N) is 2. The average molecular weight is 328 g/mol. The van der Waals surface area contributed by atoms with Crippen molar-refractivity contribution in [3.8, 4) is 0 Å². The Morgan fingerprint density at radius 3 is 2.55 bits per heavy atom. The third-order valence-electron chi connectivity index (χ3n) is 3.11. The van der Waals surface area contributed by atoms with Crippen molar-refractivity contribution in [1.82, 2.24) is 10.0 Å². The highest BCUT2D eigenvalue weighted by Gasteiger charge is 2.65. The zero-order chi connectivity index (χ0) is 15.0. The fraction of sp³-hybridized carbons (Fsp3) is 0.636. The van der Waals surface area contributed by atoms with E-state index in [4.69, 9.17) is 0 Å². The van der Waals surface area contributed by atoms with Crippen molar-refractivity contribution < 1.29 is 21.6 Å². The lowest BCUT2D eigenvalue weighted by Crippen LogP contribution is -2.47. The molecule has 2 N–H and O–H groups in total. The van der Waals surface area contributed by atoms with Crippen molar-refractivity contribution in [2.24, 2.45) is 0 Å². The zero-order valence-electron chi connectivity index (χ0n) is 10.8. The molecule has 4 nitrogen and oxygen atoms in total. The minimum Gasteiger partial charge on any atom is -0.312 e. The summed E-state index contributed by atoms with van der Waals surface area (Å²) in [6.07, 6.45) is -4.96. The van der Waals surface area contributed by atoms with Gasteiger partial charge < -0.3 is 5.32 Å². The van der Waals surface area contributed by atoms with E-state index in [0.29, 0.717) is 6.54 Å². The molecule has 0 aliphatic heterocycles. The summed E-state index contributed by atoms with van der Waals surface area (Å²) in [5, 5.41) is 4.39. The van der Waals surface area contributed by atoms with Crippen LogP contribution >= 0.6 is 11.3 Å². The van der Waals surface area contributed by atoms with Crippen LogP contribution in [0.3, 0.4) is 0 Å². The normalized spacial score (nSPS) is 18.2. The Bertz CT molecular complexity index is 577. The number of thiophene rings is 1. The summed E-state index contributed by atoms with van der Waals surface area (Å²) in [6, 6.07) is 1.40. The fourth-order valence-corrected chi connectivity index (χ4v) is 4.42. The molecule has 0 unspecified atom stereocenters. The van der Waals surface area contributed by atoms with E-state index in [2.05, 4.69) is 5.32 Å². The summed E-state index contributed by atoms with van der Waals surface area (Å²) in [6.45, 7) is 3.14. The van der Waals surface area contributed by atoms with Crippen molar-refractivity contribution in [2.45, 2.75) is 42.9 Å². The molecule has 114 valence electrons. The van der Waals surface area contributed by atoms with E-state index in [9.17, 15) is 21.6 Å². The summed E-state index contributed by atoms with van der Waals surface area (Å²) in [5.74, 6) is 0. The Kier molecular flexibility index (Phi) is 4.16. The van der Waals surface area contributed by atoms with Gasteiger partial charge in [-0.1, -0.05) is 6.92 Å². The fourth-order valence-electron chi connectivity index (χ4n) is 1.73. The van der Waals surface area contributed by atoms with Gasteiger partial charge in [-0.05, 0) is 25.5 Å². The molecule has 1 aliphatic rings. The Morgan fingerprint density at radius 1 is 1.40 bits per heavy atom. The summed E-state index contributed by atoms with van der Waals surface area (Å²) in [7, 11) is -4.13. The minimum atomic E-state index is -4.55. The van der Waals surface area contributed by atoms with Gasteiger partial charge in [0.25, 0.3) is 0 Å². The maximum Gasteiger partial charge on any atom is 0.407 e. The Morgan fingerprint density at radius 2 is 2.05 bits per heavy atom. The first-order valence-corrected chi connectivity index (χ1v) is 8.45. The summed E-state index contributed by atoms with van der Waals surface area (Å²) < 4.78 is 64.1. The van der Waals surface area contributed by atoms with Crippen LogP contribution in [-0.4, -0.2) is 26.7 Å². The average Bonchev–Trinajstić information content (AvgIpc) is 2.94. The van der Waals surface area contributed by atoms with Gasteiger partial charge in [0, 0.05) is 16.8 Å². The van der Waals surface area contributed by atoms with Gasteiger partial charge in [0.2, 0.25) is 10.0 Å². The summed E-state index contributed by atoms with van der Waals surface area (Å²) >= 11 is 1.21. The lowest BCUT2D eigenvalue weighted by atomic mass is 10.3. The summed E-state index contributed by atoms with van der Waals surface area (Å²) in [5.41, 5.74) is -2.27. The minimum absolute atomic E-state index is 0.106. The molecule has 0 aromatic carbocycles. The number of hydrogen-bond donors (Lipinski definition) is 2. The number of sulfonamides is 1. The third-order valence-corrected chi connectivity index (χ3v) is 5.71. The Labute approximate surface area is 119 Å². The number of halogens is 3. The topological polar surface area (TPSA) is 58.2 Å². The first-order chi connectivity index (χ1) is 9.20. The molecule has 20 heavy (non-hydrogen) atoms. The number of rotatable bonds is 6. The van der Waals surface area contributed by atoms with Gasteiger partial charge in [-0.25, -0.2) is 8.42 Å². The molecule has 1 aliphatic carbocycles. The van der Waals surface area contributed by atoms with Crippen molar-refractivity contribution in [3.05, 3.63) is 16.3 Å². The molecule has 9 heteroatoms. The van der Waals surface area contributed by atoms with Crippen molar-refractivity contribution >= 4 is 21.4 Å². The molecule has 1 aromatic rings. The second-order valence-electron chi connectivity index (χ2n) is 4.71. The smallest absolute Gasteiger partial charge is 0.312 e. The van der Waals surface area contributed by atoms with Gasteiger partial charge in [0.1, 0.15) is 5.54 Å². The molecule has 0 amide bonds. The van der Waals surface area contributed by atoms with Crippen LogP contribution < -0.4 is 10.0 Å². The zero-order valence-corrected chi connectivity index (χ0v) is 12.4. The molecule has 2 rings (SSSR count). The molecule has 1 heterocycles. The molecule has 0 bridgehead atoms. The Hall–Kier alpha value is -0.640. The molecule has 0 saturated heterocycles. The predicted molar refractivity (Wildman–Crippen MR) is 70.0 cm³/mol. The molecule has 0 atom stereocenters. The van der Waals surface area contributed by atoms with Crippen LogP contribution in [0.15, 0.2) is 16.3 Å². The van der Waals surface area contributed by atoms with Crippen molar-refractivity contribution in [2.75, 3.05) is 6.54 Å². The van der Waals surface area contributed by atoms with E-state index in [1.54, 1.807) is 4.72 Å². The number of alkyl halides is 3. The van der Waals surface area contributed by atoms with Gasteiger partial charge in [-0.15, -0.1) is 11.3 Å². The highest BCUT2D eigenvalue weighted by atomic mass is 32.2. The molecule has 1 fully saturated rings. The van der Waals surface area contributed by atoms with Crippen LogP contribution in [-0.2, 0) is 16.6 Å². The second-order valence-corrected chi connectivity index (χ2v) is 7.39. The first-order valence-electron chi connectivity index (χ1n) is 6.09. The van der Waals surface area contributed by atoms with E-state index in [-0.39, 0.29) is 17.7 Å². The van der Waals surface area contributed by atoms with Gasteiger partial charge in [-0.2, -0.15) is 17.9 Å². The predicted octanol–water partition coefficient (Wildman–Crippen LogP) is 2.23. The number of hydrogen-bond acceptors (Lipinski definition) is 4. The van der Waals surface area contributed by atoms with Crippen LogP contribution in [0.25, 0.3) is 0 Å². The van der Waals surface area contributed by atoms with Gasteiger partial charge in [0.05, 0.1) is 4.90 Å². The highest BCUT2D eigenvalue weighted by molar-refractivity contribution is 7.89. The monoisotopic (exact) mass is 328 g/mol.